The molecule has 0 radical (unpaired) electrons. The van der Waals surface area contributed by atoms with Crippen LogP contribution in [0.2, 0.25) is 0 Å². The van der Waals surface area contributed by atoms with Gasteiger partial charge in [-0.25, -0.2) is 10.3 Å². The summed E-state index contributed by atoms with van der Waals surface area (Å²) < 4.78 is 5.06. The molecule has 0 aliphatic rings. The van der Waals surface area contributed by atoms with Gasteiger partial charge in [0.1, 0.15) is 11.8 Å². The Morgan fingerprint density at radius 3 is 2.23 bits per heavy atom. The second-order valence-electron chi connectivity index (χ2n) is 6.52. The zero-order chi connectivity index (χ0) is 19.7. The third-order valence-electron chi connectivity index (χ3n) is 3.90. The zero-order valence-corrected chi connectivity index (χ0v) is 15.2. The van der Waals surface area contributed by atoms with Crippen LogP contribution in [-0.4, -0.2) is 41.2 Å². The quantitative estimate of drug-likeness (QED) is 0.366. The van der Waals surface area contributed by atoms with Crippen molar-refractivity contribution in [3.05, 3.63) is 29.8 Å². The summed E-state index contributed by atoms with van der Waals surface area (Å²) in [4.78, 5) is 35.4. The highest BCUT2D eigenvalue weighted by Gasteiger charge is 2.27. The summed E-state index contributed by atoms with van der Waals surface area (Å²) in [6, 6.07) is 5.76. The SMILES string of the molecule is COc1ccc(CC(NC(=O)C(CC(=O)NO)CC(C)C)C(=O)O)cc1. The molecule has 2 atom stereocenters. The minimum Gasteiger partial charge on any atom is -0.497 e. The van der Waals surface area contributed by atoms with Crippen LogP contribution in [0.4, 0.5) is 0 Å². The summed E-state index contributed by atoms with van der Waals surface area (Å²) in [6.07, 6.45) is 0.287. The smallest absolute Gasteiger partial charge is 0.326 e. The van der Waals surface area contributed by atoms with Crippen LogP contribution < -0.4 is 15.5 Å². The average Bonchev–Trinajstić information content (AvgIpc) is 2.60. The van der Waals surface area contributed by atoms with Crippen molar-refractivity contribution in [3.8, 4) is 5.75 Å². The summed E-state index contributed by atoms with van der Waals surface area (Å²) in [5, 5.41) is 20.6. The van der Waals surface area contributed by atoms with Gasteiger partial charge in [-0.2, -0.15) is 0 Å². The molecular weight excluding hydrogens is 340 g/mol. The van der Waals surface area contributed by atoms with Crippen LogP contribution >= 0.6 is 0 Å². The molecule has 0 saturated heterocycles. The first-order valence-electron chi connectivity index (χ1n) is 8.35. The van der Waals surface area contributed by atoms with Gasteiger partial charge in [0, 0.05) is 18.8 Å². The molecule has 0 saturated carbocycles. The minimum absolute atomic E-state index is 0.103. The summed E-state index contributed by atoms with van der Waals surface area (Å²) >= 11 is 0. The number of ether oxygens (including phenoxy) is 1. The first-order valence-corrected chi connectivity index (χ1v) is 8.35. The molecule has 2 unspecified atom stereocenters. The van der Waals surface area contributed by atoms with Crippen molar-refractivity contribution in [1.82, 2.24) is 10.8 Å². The molecule has 0 aliphatic carbocycles. The highest BCUT2D eigenvalue weighted by Crippen LogP contribution is 2.17. The lowest BCUT2D eigenvalue weighted by atomic mass is 9.92. The van der Waals surface area contributed by atoms with Crippen molar-refractivity contribution < 1.29 is 29.4 Å². The number of hydrogen-bond donors (Lipinski definition) is 4. The summed E-state index contributed by atoms with van der Waals surface area (Å²) in [6.45, 7) is 3.78. The van der Waals surface area contributed by atoms with E-state index in [0.29, 0.717) is 12.2 Å². The van der Waals surface area contributed by atoms with Gasteiger partial charge in [0.05, 0.1) is 7.11 Å². The molecule has 1 aromatic rings. The molecule has 0 bridgehead atoms. The lowest BCUT2D eigenvalue weighted by molar-refractivity contribution is -0.143. The van der Waals surface area contributed by atoms with Gasteiger partial charge in [0.15, 0.2) is 0 Å². The Balaban J connectivity index is 2.82. The number of carboxylic acids is 1. The molecule has 2 amide bonds. The summed E-state index contributed by atoms with van der Waals surface area (Å²) in [7, 11) is 1.53. The van der Waals surface area contributed by atoms with Gasteiger partial charge < -0.3 is 15.2 Å². The minimum atomic E-state index is -1.16. The largest absolute Gasteiger partial charge is 0.497 e. The molecule has 1 aromatic carbocycles. The zero-order valence-electron chi connectivity index (χ0n) is 15.2. The standard InChI is InChI=1S/C18H26N2O6/c1-11(2)8-13(10-16(21)20-25)17(22)19-15(18(23)24)9-12-4-6-14(26-3)7-5-12/h4-7,11,13,15,25H,8-10H2,1-3H3,(H,19,22)(H,20,21)(H,23,24). The first kappa shape index (κ1) is 21.4. The molecule has 0 aliphatic heterocycles. The van der Waals surface area contributed by atoms with E-state index in [1.165, 1.54) is 12.6 Å². The molecule has 0 heterocycles. The highest BCUT2D eigenvalue weighted by atomic mass is 16.5. The number of carbonyl (C=O) groups is 3. The Labute approximate surface area is 152 Å². The number of carboxylic acid groups (broad SMARTS) is 1. The number of aliphatic carboxylic acids is 1. The van der Waals surface area contributed by atoms with Crippen LogP contribution in [0.15, 0.2) is 24.3 Å². The Morgan fingerprint density at radius 2 is 1.77 bits per heavy atom. The maximum Gasteiger partial charge on any atom is 0.326 e. The Bertz CT molecular complexity index is 615. The van der Waals surface area contributed by atoms with Crippen molar-refractivity contribution in [1.29, 1.82) is 0 Å². The van der Waals surface area contributed by atoms with Crippen LogP contribution in [0.5, 0.6) is 5.75 Å². The molecule has 0 aromatic heterocycles. The molecule has 4 N–H and O–H groups in total. The van der Waals surface area contributed by atoms with Crippen molar-refractivity contribution in [3.63, 3.8) is 0 Å². The summed E-state index contributed by atoms with van der Waals surface area (Å²) in [5.74, 6) is -2.32. The number of rotatable bonds is 10. The van der Waals surface area contributed by atoms with Crippen LogP contribution in [-0.2, 0) is 20.8 Å². The van der Waals surface area contributed by atoms with Gasteiger partial charge in [-0.05, 0) is 30.0 Å². The molecule has 0 spiro atoms. The Morgan fingerprint density at radius 1 is 1.15 bits per heavy atom. The first-order chi connectivity index (χ1) is 12.3. The van der Waals surface area contributed by atoms with Crippen LogP contribution in [0.25, 0.3) is 0 Å². The van der Waals surface area contributed by atoms with E-state index in [1.807, 2.05) is 13.8 Å². The lowest BCUT2D eigenvalue weighted by Gasteiger charge is -2.21. The van der Waals surface area contributed by atoms with Crippen molar-refractivity contribution in [2.24, 2.45) is 11.8 Å². The number of methoxy groups -OCH3 is 1. The molecule has 0 fully saturated rings. The third-order valence-corrected chi connectivity index (χ3v) is 3.90. The fourth-order valence-corrected chi connectivity index (χ4v) is 2.61. The molecule has 1 rings (SSSR count). The van der Waals surface area contributed by atoms with Gasteiger partial charge in [-0.15, -0.1) is 0 Å². The predicted octanol–water partition coefficient (Wildman–Crippen LogP) is 1.36. The molecule has 144 valence electrons. The Hall–Kier alpha value is -2.61. The number of hydroxylamine groups is 1. The van der Waals surface area contributed by atoms with E-state index in [4.69, 9.17) is 9.94 Å². The Kier molecular flexibility index (Phi) is 8.57. The van der Waals surface area contributed by atoms with Gasteiger partial charge in [0.2, 0.25) is 11.8 Å². The van der Waals surface area contributed by atoms with E-state index in [-0.39, 0.29) is 18.8 Å². The van der Waals surface area contributed by atoms with Crippen LogP contribution in [0.1, 0.15) is 32.3 Å². The topological polar surface area (TPSA) is 125 Å². The fraction of sp³-hybridized carbons (Fsp3) is 0.500. The monoisotopic (exact) mass is 366 g/mol. The number of hydrogen-bond acceptors (Lipinski definition) is 5. The highest BCUT2D eigenvalue weighted by molar-refractivity contribution is 5.88. The van der Waals surface area contributed by atoms with Gasteiger partial charge in [-0.1, -0.05) is 26.0 Å². The second-order valence-corrected chi connectivity index (χ2v) is 6.52. The molecular formula is C18H26N2O6. The van der Waals surface area contributed by atoms with E-state index < -0.39 is 29.7 Å². The molecule has 8 nitrogen and oxygen atoms in total. The average molecular weight is 366 g/mol. The fourth-order valence-electron chi connectivity index (χ4n) is 2.61. The van der Waals surface area contributed by atoms with E-state index >= 15 is 0 Å². The van der Waals surface area contributed by atoms with E-state index in [9.17, 15) is 19.5 Å². The van der Waals surface area contributed by atoms with Crippen LogP contribution in [0, 0.1) is 11.8 Å². The molecule has 26 heavy (non-hydrogen) atoms. The third kappa shape index (κ3) is 7.10. The number of carbonyl (C=O) groups excluding carboxylic acids is 2. The van der Waals surface area contributed by atoms with Crippen molar-refractivity contribution in [2.45, 2.75) is 39.2 Å². The van der Waals surface area contributed by atoms with Crippen molar-refractivity contribution in [2.75, 3.05) is 7.11 Å². The summed E-state index contributed by atoms with van der Waals surface area (Å²) in [5.41, 5.74) is 2.23. The maximum atomic E-state index is 12.5. The number of amides is 2. The maximum absolute atomic E-state index is 12.5. The lowest BCUT2D eigenvalue weighted by Crippen LogP contribution is -2.46. The van der Waals surface area contributed by atoms with Gasteiger partial charge in [-0.3, -0.25) is 14.8 Å². The van der Waals surface area contributed by atoms with Crippen LogP contribution in [0.3, 0.4) is 0 Å². The number of benzene rings is 1. The number of nitrogens with one attached hydrogen (secondary N) is 2. The van der Waals surface area contributed by atoms with E-state index in [2.05, 4.69) is 5.32 Å². The molecule has 8 heteroatoms. The van der Waals surface area contributed by atoms with Gasteiger partial charge in [0.25, 0.3) is 0 Å². The predicted molar refractivity (Wildman–Crippen MR) is 93.8 cm³/mol. The van der Waals surface area contributed by atoms with Crippen molar-refractivity contribution >= 4 is 17.8 Å². The van der Waals surface area contributed by atoms with Gasteiger partial charge >= 0.3 is 5.97 Å². The van der Waals surface area contributed by atoms with E-state index in [1.54, 1.807) is 24.3 Å². The second kappa shape index (κ2) is 10.4. The normalized spacial score (nSPS) is 13.0. The van der Waals surface area contributed by atoms with E-state index in [0.717, 1.165) is 5.56 Å².